The van der Waals surface area contributed by atoms with Crippen molar-refractivity contribution in [3.8, 4) is 17.6 Å². The Morgan fingerprint density at radius 3 is 2.84 bits per heavy atom. The Morgan fingerprint density at radius 1 is 1.12 bits per heavy atom. The molecule has 1 aromatic carbocycles. The van der Waals surface area contributed by atoms with Crippen LogP contribution < -0.4 is 14.8 Å². The Balaban J connectivity index is 1.29. The highest BCUT2D eigenvalue weighted by Gasteiger charge is 2.29. The first-order chi connectivity index (χ1) is 15.7. The Bertz CT molecular complexity index is 1040. The molecular weight excluding hydrogens is 422 g/mol. The minimum Gasteiger partial charge on any atom is -0.490 e. The van der Waals surface area contributed by atoms with E-state index in [1.165, 1.54) is 16.9 Å². The molecule has 0 unspecified atom stereocenters. The zero-order valence-electron chi connectivity index (χ0n) is 18.3. The molecule has 1 atom stereocenters. The van der Waals surface area contributed by atoms with E-state index in [0.717, 1.165) is 73.6 Å². The van der Waals surface area contributed by atoms with Gasteiger partial charge in [-0.2, -0.15) is 5.26 Å². The second-order valence-electron chi connectivity index (χ2n) is 8.81. The Hall–Kier alpha value is -2.56. The third-order valence-electron chi connectivity index (χ3n) is 6.65. The van der Waals surface area contributed by atoms with Crippen molar-refractivity contribution >= 4 is 22.2 Å². The number of amides is 1. The van der Waals surface area contributed by atoms with Gasteiger partial charge in [-0.15, -0.1) is 11.3 Å². The lowest BCUT2D eigenvalue weighted by Gasteiger charge is -2.24. The molecule has 32 heavy (non-hydrogen) atoms. The number of likely N-dealkylation sites (tertiary alicyclic amines) is 1. The van der Waals surface area contributed by atoms with E-state index in [1.54, 1.807) is 11.3 Å². The summed E-state index contributed by atoms with van der Waals surface area (Å²) in [6.07, 6.45) is 8.42. The van der Waals surface area contributed by atoms with Crippen molar-refractivity contribution in [2.75, 3.05) is 31.6 Å². The lowest BCUT2D eigenvalue weighted by Crippen LogP contribution is -2.32. The number of benzene rings is 1. The van der Waals surface area contributed by atoms with Gasteiger partial charge in [-0.05, 0) is 68.3 Å². The first kappa shape index (κ1) is 21.3. The molecule has 1 aliphatic carbocycles. The largest absolute Gasteiger partial charge is 0.490 e. The molecule has 1 aromatic heterocycles. The van der Waals surface area contributed by atoms with Crippen molar-refractivity contribution < 1.29 is 14.3 Å². The van der Waals surface area contributed by atoms with Gasteiger partial charge in [0.1, 0.15) is 11.1 Å². The predicted molar refractivity (Wildman–Crippen MR) is 125 cm³/mol. The fourth-order valence-electron chi connectivity index (χ4n) is 5.08. The minimum absolute atomic E-state index is 0.0425. The van der Waals surface area contributed by atoms with Crippen LogP contribution in [0.4, 0.5) is 5.00 Å². The van der Waals surface area contributed by atoms with Gasteiger partial charge in [0.25, 0.3) is 0 Å². The van der Waals surface area contributed by atoms with Crippen molar-refractivity contribution in [2.24, 2.45) is 0 Å². The quantitative estimate of drug-likeness (QED) is 0.674. The SMILES string of the molecule is N#Cc1c(NC(=O)CN2CCC[C@@H]2c2ccc3c(c2)OCCCO3)sc2c1CCCCC2. The summed E-state index contributed by atoms with van der Waals surface area (Å²) in [4.78, 5) is 16.5. The number of ether oxygens (including phenoxy) is 2. The van der Waals surface area contributed by atoms with Crippen LogP contribution in [0.15, 0.2) is 18.2 Å². The van der Waals surface area contributed by atoms with Crippen LogP contribution in [-0.4, -0.2) is 37.1 Å². The van der Waals surface area contributed by atoms with Gasteiger partial charge in [-0.1, -0.05) is 12.5 Å². The van der Waals surface area contributed by atoms with Crippen molar-refractivity contribution in [1.29, 1.82) is 5.26 Å². The van der Waals surface area contributed by atoms with E-state index < -0.39 is 0 Å². The minimum atomic E-state index is -0.0425. The second-order valence-corrected chi connectivity index (χ2v) is 9.92. The molecule has 2 aromatic rings. The van der Waals surface area contributed by atoms with E-state index in [9.17, 15) is 10.1 Å². The van der Waals surface area contributed by atoms with Crippen LogP contribution in [0.5, 0.6) is 11.5 Å². The molecule has 168 valence electrons. The summed E-state index contributed by atoms with van der Waals surface area (Å²) in [6, 6.07) is 8.71. The van der Waals surface area contributed by atoms with Crippen molar-refractivity contribution in [1.82, 2.24) is 4.90 Å². The summed E-state index contributed by atoms with van der Waals surface area (Å²) in [5.41, 5.74) is 3.01. The van der Waals surface area contributed by atoms with Crippen LogP contribution >= 0.6 is 11.3 Å². The van der Waals surface area contributed by atoms with Gasteiger partial charge in [0.15, 0.2) is 11.5 Å². The van der Waals surface area contributed by atoms with Gasteiger partial charge in [-0.25, -0.2) is 0 Å². The molecule has 3 aliphatic rings. The van der Waals surface area contributed by atoms with Crippen molar-refractivity contribution in [2.45, 2.75) is 57.4 Å². The summed E-state index contributed by atoms with van der Waals surface area (Å²) in [7, 11) is 0. The first-order valence-corrected chi connectivity index (χ1v) is 12.5. The average molecular weight is 452 g/mol. The number of anilines is 1. The highest BCUT2D eigenvalue weighted by atomic mass is 32.1. The molecule has 0 radical (unpaired) electrons. The molecule has 0 spiro atoms. The highest BCUT2D eigenvalue weighted by molar-refractivity contribution is 7.16. The zero-order valence-corrected chi connectivity index (χ0v) is 19.1. The number of nitriles is 1. The number of carbonyl (C=O) groups is 1. The van der Waals surface area contributed by atoms with E-state index in [1.807, 2.05) is 6.07 Å². The lowest BCUT2D eigenvalue weighted by molar-refractivity contribution is -0.117. The molecule has 1 fully saturated rings. The van der Waals surface area contributed by atoms with Crippen LogP contribution in [0.25, 0.3) is 0 Å². The summed E-state index contributed by atoms with van der Waals surface area (Å²) < 4.78 is 11.6. The molecule has 1 saturated heterocycles. The fourth-order valence-corrected chi connectivity index (χ4v) is 6.34. The Labute approximate surface area is 193 Å². The van der Waals surface area contributed by atoms with Gasteiger partial charge < -0.3 is 14.8 Å². The summed E-state index contributed by atoms with van der Waals surface area (Å²) in [5, 5.41) is 13.5. The number of aryl methyl sites for hydroxylation is 1. The molecule has 0 bridgehead atoms. The number of nitrogens with one attached hydrogen (secondary N) is 1. The molecule has 0 saturated carbocycles. The van der Waals surface area contributed by atoms with Crippen LogP contribution in [0, 0.1) is 11.3 Å². The maximum absolute atomic E-state index is 13.0. The van der Waals surface area contributed by atoms with Gasteiger partial charge in [0.2, 0.25) is 5.91 Å². The molecule has 1 amide bonds. The van der Waals surface area contributed by atoms with Gasteiger partial charge in [0, 0.05) is 17.3 Å². The standard InChI is InChI=1S/C25H29N3O3S/c26-15-19-18-6-2-1-3-8-23(18)32-25(19)27-24(29)16-28-11-4-7-20(28)17-9-10-21-22(14-17)31-13-5-12-30-21/h9-10,14,20H,1-8,11-13,16H2,(H,27,29)/t20-/m1/s1. The fraction of sp³-hybridized carbons (Fsp3) is 0.520. The van der Waals surface area contributed by atoms with Gasteiger partial charge >= 0.3 is 0 Å². The number of thiophene rings is 1. The van der Waals surface area contributed by atoms with E-state index in [2.05, 4.69) is 28.4 Å². The van der Waals surface area contributed by atoms with Crippen LogP contribution in [0.2, 0.25) is 0 Å². The van der Waals surface area contributed by atoms with E-state index >= 15 is 0 Å². The summed E-state index contributed by atoms with van der Waals surface area (Å²) in [5.74, 6) is 1.56. The topological polar surface area (TPSA) is 74.6 Å². The van der Waals surface area contributed by atoms with E-state index in [0.29, 0.717) is 25.3 Å². The summed E-state index contributed by atoms with van der Waals surface area (Å²) in [6.45, 7) is 2.56. The van der Waals surface area contributed by atoms with Crippen molar-refractivity contribution in [3.63, 3.8) is 0 Å². The smallest absolute Gasteiger partial charge is 0.239 e. The number of hydrogen-bond acceptors (Lipinski definition) is 6. The number of fused-ring (bicyclic) bond motifs is 2. The molecule has 6 nitrogen and oxygen atoms in total. The maximum Gasteiger partial charge on any atom is 0.239 e. The lowest BCUT2D eigenvalue weighted by atomic mass is 10.0. The van der Waals surface area contributed by atoms with Gasteiger partial charge in [0.05, 0.1) is 25.3 Å². The normalized spacial score (nSPS) is 20.7. The van der Waals surface area contributed by atoms with Gasteiger partial charge in [-0.3, -0.25) is 9.69 Å². The zero-order chi connectivity index (χ0) is 21.9. The predicted octanol–water partition coefficient (Wildman–Crippen LogP) is 4.83. The third kappa shape index (κ3) is 4.35. The second kappa shape index (κ2) is 9.51. The monoisotopic (exact) mass is 451 g/mol. The highest BCUT2D eigenvalue weighted by Crippen LogP contribution is 2.39. The maximum atomic E-state index is 13.0. The number of rotatable bonds is 4. The molecule has 7 heteroatoms. The molecule has 2 aliphatic heterocycles. The third-order valence-corrected chi connectivity index (χ3v) is 7.86. The van der Waals surface area contributed by atoms with E-state index in [-0.39, 0.29) is 11.9 Å². The van der Waals surface area contributed by atoms with Crippen LogP contribution in [-0.2, 0) is 17.6 Å². The molecule has 5 rings (SSSR count). The number of hydrogen-bond donors (Lipinski definition) is 1. The Morgan fingerprint density at radius 2 is 1.97 bits per heavy atom. The first-order valence-electron chi connectivity index (χ1n) is 11.7. The van der Waals surface area contributed by atoms with E-state index in [4.69, 9.17) is 9.47 Å². The number of nitrogens with zero attached hydrogens (tertiary/aromatic N) is 2. The molecule has 3 heterocycles. The molecule has 1 N–H and O–H groups in total. The van der Waals surface area contributed by atoms with Crippen LogP contribution in [0.1, 0.15) is 66.1 Å². The number of carbonyl (C=O) groups excluding carboxylic acids is 1. The van der Waals surface area contributed by atoms with Crippen LogP contribution in [0.3, 0.4) is 0 Å². The average Bonchev–Trinajstić information content (AvgIpc) is 3.18. The Kier molecular flexibility index (Phi) is 6.33. The summed E-state index contributed by atoms with van der Waals surface area (Å²) >= 11 is 1.60. The van der Waals surface area contributed by atoms with Crippen molar-refractivity contribution in [3.05, 3.63) is 39.8 Å². The molecular formula is C25H29N3O3S.